The fourth-order valence-corrected chi connectivity index (χ4v) is 5.45. The van der Waals surface area contributed by atoms with Gasteiger partial charge in [-0.25, -0.2) is 4.79 Å². The van der Waals surface area contributed by atoms with Crippen LogP contribution in [0.4, 0.5) is 13.2 Å². The Hall–Kier alpha value is -3.53. The van der Waals surface area contributed by atoms with Crippen molar-refractivity contribution in [1.29, 1.82) is 0 Å². The van der Waals surface area contributed by atoms with E-state index in [1.54, 1.807) is 19.1 Å². The monoisotopic (exact) mass is 663 g/mol. The molecule has 0 aliphatic rings. The molecule has 0 aliphatic heterocycles. The lowest BCUT2D eigenvalue weighted by molar-refractivity contribution is -0.154. The van der Waals surface area contributed by atoms with Crippen LogP contribution in [0.2, 0.25) is 10.0 Å². The molecule has 0 radical (unpaired) electrons. The third kappa shape index (κ3) is 8.20. The van der Waals surface area contributed by atoms with Gasteiger partial charge in [0.2, 0.25) is 11.2 Å². The van der Waals surface area contributed by atoms with Gasteiger partial charge in [-0.05, 0) is 79.3 Å². The summed E-state index contributed by atoms with van der Waals surface area (Å²) in [6, 6.07) is 11.6. The molecule has 3 aromatic carbocycles. The smallest absolute Gasteiger partial charge is 0.449 e. The second kappa shape index (κ2) is 13.8. The molecule has 0 amide bonds. The maximum atomic E-state index is 14.5. The molecule has 1 aromatic heterocycles. The van der Waals surface area contributed by atoms with Crippen LogP contribution in [0.5, 0.6) is 17.2 Å². The van der Waals surface area contributed by atoms with Crippen LogP contribution in [-0.4, -0.2) is 24.0 Å². The van der Waals surface area contributed by atoms with Gasteiger partial charge in [0.15, 0.2) is 0 Å². The van der Waals surface area contributed by atoms with Crippen molar-refractivity contribution < 1.29 is 31.9 Å². The number of nitrogens with zero attached hydrogens (tertiary/aromatic N) is 1. The number of alkyl halides is 3. The van der Waals surface area contributed by atoms with E-state index < -0.39 is 29.1 Å². The third-order valence-corrected chi connectivity index (χ3v) is 7.56. The van der Waals surface area contributed by atoms with E-state index in [-0.39, 0.29) is 57.0 Å². The second-order valence-corrected chi connectivity index (χ2v) is 12.7. The van der Waals surface area contributed by atoms with Crippen molar-refractivity contribution in [2.24, 2.45) is 11.8 Å². The van der Waals surface area contributed by atoms with Crippen molar-refractivity contribution in [3.63, 3.8) is 0 Å². The van der Waals surface area contributed by atoms with Crippen molar-refractivity contribution in [2.45, 2.75) is 54.3 Å². The third-order valence-electron chi connectivity index (χ3n) is 7.02. The van der Waals surface area contributed by atoms with E-state index in [0.717, 1.165) is 11.1 Å². The SMILES string of the molecule is Cc1ccc(Oc2c(C(F)(F)F)oc3c(CN(CC(C)C)CC(C)C)c(OC(=O)c4ccc(Cl)cc4Cl)ccc3c2=O)cc1C. The zero-order valence-electron chi connectivity index (χ0n) is 25.8. The van der Waals surface area contributed by atoms with Crippen LogP contribution in [0, 0.1) is 25.7 Å². The zero-order chi connectivity index (χ0) is 33.2. The van der Waals surface area contributed by atoms with E-state index in [4.69, 9.17) is 37.1 Å². The molecule has 45 heavy (non-hydrogen) atoms. The van der Waals surface area contributed by atoms with Crippen LogP contribution in [0.25, 0.3) is 11.0 Å². The van der Waals surface area contributed by atoms with Crippen molar-refractivity contribution in [1.82, 2.24) is 4.90 Å². The number of ether oxygens (including phenoxy) is 2. The summed E-state index contributed by atoms with van der Waals surface area (Å²) in [6.45, 7) is 12.9. The van der Waals surface area contributed by atoms with Gasteiger partial charge in [0.05, 0.1) is 21.5 Å². The van der Waals surface area contributed by atoms with E-state index in [0.29, 0.717) is 18.1 Å². The minimum absolute atomic E-state index is 0.00269. The van der Waals surface area contributed by atoms with Crippen molar-refractivity contribution in [3.8, 4) is 17.2 Å². The van der Waals surface area contributed by atoms with Crippen LogP contribution in [0.3, 0.4) is 0 Å². The zero-order valence-corrected chi connectivity index (χ0v) is 27.3. The highest BCUT2D eigenvalue weighted by atomic mass is 35.5. The Morgan fingerprint density at radius 1 is 0.933 bits per heavy atom. The summed E-state index contributed by atoms with van der Waals surface area (Å²) in [5, 5.41) is 0.187. The predicted octanol–water partition coefficient (Wildman–Crippen LogP) is 9.86. The largest absolute Gasteiger partial charge is 0.453 e. The first-order valence-electron chi connectivity index (χ1n) is 14.4. The van der Waals surface area contributed by atoms with E-state index >= 15 is 0 Å². The van der Waals surface area contributed by atoms with Gasteiger partial charge in [0, 0.05) is 24.7 Å². The molecular weight excluding hydrogens is 630 g/mol. The molecule has 11 heteroatoms. The lowest BCUT2D eigenvalue weighted by Crippen LogP contribution is -2.31. The first-order valence-corrected chi connectivity index (χ1v) is 15.1. The molecule has 1 heterocycles. The maximum absolute atomic E-state index is 14.5. The molecule has 0 saturated heterocycles. The Labute approximate surface area is 269 Å². The van der Waals surface area contributed by atoms with Crippen LogP contribution >= 0.6 is 23.2 Å². The molecule has 4 rings (SSSR count). The summed E-state index contributed by atoms with van der Waals surface area (Å²) in [6.07, 6.45) is -5.08. The number of rotatable bonds is 10. The molecular formula is C34H34Cl2F3NO5. The topological polar surface area (TPSA) is 69.0 Å². The van der Waals surface area contributed by atoms with Gasteiger partial charge in [-0.1, -0.05) is 57.0 Å². The molecule has 0 bridgehead atoms. The van der Waals surface area contributed by atoms with E-state index in [1.807, 2.05) is 39.5 Å². The number of hydrogen-bond donors (Lipinski definition) is 0. The average molecular weight is 665 g/mol. The van der Waals surface area contributed by atoms with Crippen molar-refractivity contribution in [3.05, 3.63) is 96.8 Å². The summed E-state index contributed by atoms with van der Waals surface area (Å²) >= 11 is 12.2. The van der Waals surface area contributed by atoms with Gasteiger partial charge in [0.1, 0.15) is 17.1 Å². The minimum atomic E-state index is -5.08. The lowest BCUT2D eigenvalue weighted by atomic mass is 10.1. The number of benzene rings is 3. The van der Waals surface area contributed by atoms with Crippen LogP contribution < -0.4 is 14.9 Å². The minimum Gasteiger partial charge on any atom is -0.449 e. The highest BCUT2D eigenvalue weighted by Gasteiger charge is 2.41. The molecule has 0 N–H and O–H groups in total. The van der Waals surface area contributed by atoms with Gasteiger partial charge in [-0.3, -0.25) is 9.69 Å². The Morgan fingerprint density at radius 2 is 1.60 bits per heavy atom. The number of hydrogen-bond acceptors (Lipinski definition) is 6. The fraction of sp³-hybridized carbons (Fsp3) is 0.353. The summed E-state index contributed by atoms with van der Waals surface area (Å²) in [4.78, 5) is 29.0. The number of carbonyl (C=O) groups excluding carboxylic acids is 1. The van der Waals surface area contributed by atoms with Gasteiger partial charge in [0.25, 0.3) is 5.76 Å². The number of fused-ring (bicyclic) bond motifs is 1. The molecule has 240 valence electrons. The standard InChI is InChI=1S/C34H34Cl2F3NO5/c1-18(2)15-40(16-19(3)4)17-26-28(44-33(42)24-10-8-22(35)14-27(24)36)12-11-25-29(41)31(32(34(37,38)39)45-30(25)26)43-23-9-7-20(5)21(6)13-23/h7-14,18-19H,15-17H2,1-6H3. The van der Waals surface area contributed by atoms with Crippen molar-refractivity contribution >= 4 is 40.1 Å². The maximum Gasteiger partial charge on any atom is 0.453 e. The normalized spacial score (nSPS) is 12.0. The molecule has 6 nitrogen and oxygen atoms in total. The lowest BCUT2D eigenvalue weighted by Gasteiger charge is -2.27. The van der Waals surface area contributed by atoms with Crippen molar-refractivity contribution in [2.75, 3.05) is 13.1 Å². The molecule has 0 saturated carbocycles. The summed E-state index contributed by atoms with van der Waals surface area (Å²) in [5.41, 5.74) is 0.417. The highest BCUT2D eigenvalue weighted by molar-refractivity contribution is 6.36. The van der Waals surface area contributed by atoms with Gasteiger partial charge < -0.3 is 13.9 Å². The molecule has 0 atom stereocenters. The molecule has 0 unspecified atom stereocenters. The fourth-order valence-electron chi connectivity index (χ4n) is 4.97. The van der Waals surface area contributed by atoms with E-state index in [2.05, 4.69) is 0 Å². The molecule has 0 spiro atoms. The Kier molecular flexibility index (Phi) is 10.6. The molecule has 0 fully saturated rings. The average Bonchev–Trinajstić information content (AvgIpc) is 2.91. The Morgan fingerprint density at radius 3 is 2.18 bits per heavy atom. The summed E-state index contributed by atoms with van der Waals surface area (Å²) < 4.78 is 60.4. The van der Waals surface area contributed by atoms with Crippen LogP contribution in [0.15, 0.2) is 57.7 Å². The van der Waals surface area contributed by atoms with Gasteiger partial charge in [-0.15, -0.1) is 0 Å². The quantitative estimate of drug-likeness (QED) is 0.124. The van der Waals surface area contributed by atoms with Crippen LogP contribution in [0.1, 0.15) is 60.5 Å². The van der Waals surface area contributed by atoms with Crippen LogP contribution in [-0.2, 0) is 12.7 Å². The van der Waals surface area contributed by atoms with Gasteiger partial charge >= 0.3 is 12.1 Å². The number of aryl methyl sites for hydroxylation is 2. The first-order chi connectivity index (χ1) is 21.0. The second-order valence-electron chi connectivity index (χ2n) is 11.8. The Balaban J connectivity index is 1.94. The number of halogens is 5. The Bertz CT molecular complexity index is 1770. The summed E-state index contributed by atoms with van der Waals surface area (Å²) in [7, 11) is 0. The van der Waals surface area contributed by atoms with E-state index in [9.17, 15) is 22.8 Å². The highest BCUT2D eigenvalue weighted by Crippen LogP contribution is 2.41. The predicted molar refractivity (Wildman–Crippen MR) is 170 cm³/mol. The number of esters is 1. The molecule has 0 aliphatic carbocycles. The number of carbonyl (C=O) groups is 1. The molecule has 4 aromatic rings. The summed E-state index contributed by atoms with van der Waals surface area (Å²) in [5.74, 6) is -3.05. The van der Waals surface area contributed by atoms with Gasteiger partial charge in [-0.2, -0.15) is 13.2 Å². The van der Waals surface area contributed by atoms with E-state index in [1.165, 1.54) is 36.4 Å². The first kappa shape index (κ1) is 34.3.